The van der Waals surface area contributed by atoms with E-state index in [1.807, 2.05) is 13.8 Å². The average Bonchev–Trinajstić information content (AvgIpc) is 2.33. The Hall–Kier alpha value is -0.437. The van der Waals surface area contributed by atoms with Crippen molar-refractivity contribution in [3.05, 3.63) is 0 Å². The van der Waals surface area contributed by atoms with Crippen LogP contribution in [0.2, 0.25) is 0 Å². The summed E-state index contributed by atoms with van der Waals surface area (Å²) in [5.74, 6) is 0.233. The van der Waals surface area contributed by atoms with Gasteiger partial charge in [0.2, 0.25) is 0 Å². The molecule has 0 aromatic rings. The number of hydrogen-bond acceptors (Lipinski definition) is 4. The van der Waals surface area contributed by atoms with Crippen molar-refractivity contribution in [3.8, 4) is 0 Å². The van der Waals surface area contributed by atoms with Gasteiger partial charge in [-0.2, -0.15) is 0 Å². The molecular weight excluding hydrogens is 335 g/mol. The molecule has 0 fully saturated rings. The molecule has 0 aliphatic carbocycles. The minimum absolute atomic E-state index is 0.136. The van der Waals surface area contributed by atoms with Crippen molar-refractivity contribution in [2.75, 3.05) is 6.61 Å². The Kier molecular flexibility index (Phi) is 10.1. The van der Waals surface area contributed by atoms with Crippen molar-refractivity contribution >= 4 is 11.9 Å². The summed E-state index contributed by atoms with van der Waals surface area (Å²) in [6, 6.07) is 0. The van der Waals surface area contributed by atoms with Crippen LogP contribution in [0.25, 0.3) is 0 Å². The molecule has 0 aromatic carbocycles. The van der Waals surface area contributed by atoms with Crippen LogP contribution in [0.4, 0.5) is 0 Å². The zero-order valence-electron chi connectivity index (χ0n) is 12.2. The van der Waals surface area contributed by atoms with Crippen molar-refractivity contribution in [1.29, 1.82) is 0 Å². The summed E-state index contributed by atoms with van der Waals surface area (Å²) in [6.45, 7) is 8.59. The Labute approximate surface area is 126 Å². The van der Waals surface area contributed by atoms with Gasteiger partial charge in [-0.25, -0.2) is 0 Å². The van der Waals surface area contributed by atoms with Gasteiger partial charge in [0.05, 0.1) is 0 Å². The van der Waals surface area contributed by atoms with Gasteiger partial charge in [0.1, 0.15) is 0 Å². The molecule has 0 bridgehead atoms. The third-order valence-electron chi connectivity index (χ3n) is 2.67. The molecule has 0 radical (unpaired) electrons. The molecular formula is C14H25O4Rh. The first kappa shape index (κ1) is 18.6. The summed E-state index contributed by atoms with van der Waals surface area (Å²) in [5.41, 5.74) is 0. The number of ether oxygens (including phenoxy) is 1. The molecule has 0 heterocycles. The first-order valence-corrected chi connectivity index (χ1v) is 7.49. The number of hydrogen-bond donors (Lipinski definition) is 0. The van der Waals surface area contributed by atoms with E-state index < -0.39 is 0 Å². The SMILES string of the molecule is CC(C)COC(=O)CCCC(CC(C)C)C(=O)[O][Rh]. The Morgan fingerprint density at radius 3 is 2.21 bits per heavy atom. The van der Waals surface area contributed by atoms with E-state index >= 15 is 0 Å². The number of esters is 1. The fourth-order valence-electron chi connectivity index (χ4n) is 1.78. The molecule has 19 heavy (non-hydrogen) atoms. The van der Waals surface area contributed by atoms with Gasteiger partial charge in [-0.15, -0.1) is 0 Å². The van der Waals surface area contributed by atoms with Crippen molar-refractivity contribution in [2.45, 2.75) is 53.4 Å². The van der Waals surface area contributed by atoms with Crippen LogP contribution in [0.15, 0.2) is 0 Å². The molecule has 0 aromatic heterocycles. The molecule has 0 saturated heterocycles. The van der Waals surface area contributed by atoms with E-state index in [1.54, 1.807) is 0 Å². The summed E-state index contributed by atoms with van der Waals surface area (Å²) < 4.78 is 9.78. The Balaban J connectivity index is 3.98. The van der Waals surface area contributed by atoms with Crippen LogP contribution in [0.3, 0.4) is 0 Å². The first-order valence-electron chi connectivity index (χ1n) is 6.83. The molecule has 0 amide bonds. The molecule has 5 heteroatoms. The van der Waals surface area contributed by atoms with Crippen molar-refractivity contribution in [2.24, 2.45) is 17.8 Å². The predicted octanol–water partition coefficient (Wildman–Crippen LogP) is 3.02. The zero-order valence-corrected chi connectivity index (χ0v) is 13.9. The summed E-state index contributed by atoms with van der Waals surface area (Å²) in [6.07, 6.45) is 2.47. The maximum atomic E-state index is 11.6. The average molecular weight is 360 g/mol. The summed E-state index contributed by atoms with van der Waals surface area (Å²) >= 11 is 2.18. The van der Waals surface area contributed by atoms with Crippen LogP contribution < -0.4 is 0 Å². The van der Waals surface area contributed by atoms with Crippen molar-refractivity contribution < 1.29 is 36.6 Å². The third kappa shape index (κ3) is 10.1. The van der Waals surface area contributed by atoms with Crippen molar-refractivity contribution in [3.63, 3.8) is 0 Å². The van der Waals surface area contributed by atoms with E-state index in [2.05, 4.69) is 36.1 Å². The van der Waals surface area contributed by atoms with E-state index in [-0.39, 0.29) is 17.9 Å². The standard InChI is InChI=1S/C14H26O4.Rh/c1-10(2)8-12(14(16)17)6-5-7-13(15)18-9-11(3)4;/h10-12H,5-9H2,1-4H3,(H,16,17);/q;+1/p-1. The fraction of sp³-hybridized carbons (Fsp3) is 0.857. The maximum absolute atomic E-state index is 11.6. The van der Waals surface area contributed by atoms with Crippen molar-refractivity contribution in [1.82, 2.24) is 0 Å². The minimum atomic E-state index is -0.226. The van der Waals surface area contributed by atoms with Gasteiger partial charge in [-0.3, -0.25) is 0 Å². The second-order valence-corrected chi connectivity index (χ2v) is 6.02. The van der Waals surface area contributed by atoms with Gasteiger partial charge in [0.25, 0.3) is 0 Å². The number of carbonyl (C=O) groups excluding carboxylic acids is 2. The Morgan fingerprint density at radius 2 is 1.74 bits per heavy atom. The van der Waals surface area contributed by atoms with Crippen LogP contribution in [0, 0.1) is 17.8 Å². The molecule has 0 aliphatic heterocycles. The molecule has 0 spiro atoms. The topological polar surface area (TPSA) is 52.6 Å². The van der Waals surface area contributed by atoms with Gasteiger partial charge < -0.3 is 0 Å². The van der Waals surface area contributed by atoms with Gasteiger partial charge in [0.15, 0.2) is 0 Å². The van der Waals surface area contributed by atoms with Crippen LogP contribution >= 0.6 is 0 Å². The molecule has 0 rings (SSSR count). The van der Waals surface area contributed by atoms with E-state index in [9.17, 15) is 9.59 Å². The number of carbonyl (C=O) groups is 2. The molecule has 1 atom stereocenters. The molecule has 0 aliphatic rings. The summed E-state index contributed by atoms with van der Waals surface area (Å²) in [4.78, 5) is 23.0. The van der Waals surface area contributed by atoms with E-state index in [0.29, 0.717) is 37.7 Å². The van der Waals surface area contributed by atoms with E-state index in [0.717, 1.165) is 6.42 Å². The van der Waals surface area contributed by atoms with E-state index in [1.165, 1.54) is 0 Å². The predicted molar refractivity (Wildman–Crippen MR) is 68.7 cm³/mol. The van der Waals surface area contributed by atoms with Gasteiger partial charge >= 0.3 is 126 Å². The Bertz CT molecular complexity index is 277. The Morgan fingerprint density at radius 1 is 1.11 bits per heavy atom. The van der Waals surface area contributed by atoms with Crippen LogP contribution in [-0.2, 0) is 36.6 Å². The molecule has 0 saturated carbocycles. The van der Waals surface area contributed by atoms with Crippen LogP contribution in [-0.4, -0.2) is 18.5 Å². The molecule has 1 unspecified atom stereocenters. The van der Waals surface area contributed by atoms with Crippen LogP contribution in [0.5, 0.6) is 0 Å². The summed E-state index contributed by atoms with van der Waals surface area (Å²) in [7, 11) is 0. The normalized spacial score (nSPS) is 12.6. The molecule has 114 valence electrons. The van der Waals surface area contributed by atoms with E-state index in [4.69, 9.17) is 4.74 Å². The third-order valence-corrected chi connectivity index (χ3v) is 3.00. The zero-order chi connectivity index (χ0) is 14.8. The van der Waals surface area contributed by atoms with Gasteiger partial charge in [0, 0.05) is 0 Å². The monoisotopic (exact) mass is 360 g/mol. The first-order chi connectivity index (χ1) is 8.86. The molecule has 4 nitrogen and oxygen atoms in total. The second-order valence-electron chi connectivity index (χ2n) is 5.68. The summed E-state index contributed by atoms with van der Waals surface area (Å²) in [5, 5.41) is 0. The molecule has 0 N–H and O–H groups in total. The van der Waals surface area contributed by atoms with Gasteiger partial charge in [-0.1, -0.05) is 0 Å². The quantitative estimate of drug-likeness (QED) is 0.469. The van der Waals surface area contributed by atoms with Crippen LogP contribution in [0.1, 0.15) is 53.4 Å². The van der Waals surface area contributed by atoms with Gasteiger partial charge in [-0.05, 0) is 0 Å². The fourth-order valence-corrected chi connectivity index (χ4v) is 2.05. The number of rotatable bonds is 9. The second kappa shape index (κ2) is 10.4.